The van der Waals surface area contributed by atoms with Crippen LogP contribution in [-0.2, 0) is 9.59 Å². The van der Waals surface area contributed by atoms with E-state index in [1.54, 1.807) is 18.3 Å². The highest BCUT2D eigenvalue weighted by molar-refractivity contribution is 5.90. The zero-order valence-electron chi connectivity index (χ0n) is 13.2. The van der Waals surface area contributed by atoms with Gasteiger partial charge in [0.2, 0.25) is 0 Å². The van der Waals surface area contributed by atoms with Crippen LogP contribution in [0.4, 0.5) is 15.8 Å². The molecule has 0 bridgehead atoms. The van der Waals surface area contributed by atoms with E-state index in [1.165, 1.54) is 18.2 Å². The van der Waals surface area contributed by atoms with Crippen molar-refractivity contribution in [1.29, 1.82) is 0 Å². The second-order valence-corrected chi connectivity index (χ2v) is 6.05. The number of hydrogen-bond acceptors (Lipinski definition) is 4. The SMILES string of the molecule is O=CC1CCCN(c2ccc(F)cc2N2C=CC(C(=O)O)=CC2)C1. The van der Waals surface area contributed by atoms with E-state index in [0.717, 1.165) is 31.4 Å². The number of hydrogen-bond donors (Lipinski definition) is 1. The maximum Gasteiger partial charge on any atom is 0.335 e. The van der Waals surface area contributed by atoms with Crippen molar-refractivity contribution in [2.45, 2.75) is 12.8 Å². The maximum absolute atomic E-state index is 13.8. The predicted molar refractivity (Wildman–Crippen MR) is 89.6 cm³/mol. The van der Waals surface area contributed by atoms with Crippen LogP contribution in [0.3, 0.4) is 0 Å². The van der Waals surface area contributed by atoms with Crippen molar-refractivity contribution < 1.29 is 19.1 Å². The molecule has 3 rings (SSSR count). The molecule has 1 fully saturated rings. The molecule has 1 saturated heterocycles. The average Bonchev–Trinajstić information content (AvgIpc) is 2.61. The Labute approximate surface area is 139 Å². The molecule has 0 aliphatic carbocycles. The number of aldehydes is 1. The minimum absolute atomic E-state index is 0.00735. The fourth-order valence-corrected chi connectivity index (χ4v) is 3.17. The highest BCUT2D eigenvalue weighted by Gasteiger charge is 2.23. The van der Waals surface area contributed by atoms with Gasteiger partial charge in [-0.05, 0) is 37.1 Å². The Kier molecular flexibility index (Phi) is 4.64. The molecule has 1 N–H and O–H groups in total. The molecule has 1 atom stereocenters. The molecule has 1 aromatic carbocycles. The summed E-state index contributed by atoms with van der Waals surface area (Å²) in [6.45, 7) is 1.80. The van der Waals surface area contributed by atoms with Gasteiger partial charge >= 0.3 is 5.97 Å². The van der Waals surface area contributed by atoms with E-state index < -0.39 is 5.97 Å². The van der Waals surface area contributed by atoms with E-state index >= 15 is 0 Å². The quantitative estimate of drug-likeness (QED) is 0.860. The summed E-state index contributed by atoms with van der Waals surface area (Å²) in [5.41, 5.74) is 1.77. The summed E-state index contributed by atoms with van der Waals surface area (Å²) in [4.78, 5) is 26.0. The van der Waals surface area contributed by atoms with Crippen LogP contribution >= 0.6 is 0 Å². The van der Waals surface area contributed by atoms with Gasteiger partial charge in [-0.15, -0.1) is 0 Å². The van der Waals surface area contributed by atoms with E-state index in [0.29, 0.717) is 18.8 Å². The third-order valence-electron chi connectivity index (χ3n) is 4.43. The third-order valence-corrected chi connectivity index (χ3v) is 4.43. The number of piperidine rings is 1. The van der Waals surface area contributed by atoms with Crippen molar-refractivity contribution in [2.24, 2.45) is 5.92 Å². The number of carboxylic acids is 1. The van der Waals surface area contributed by atoms with Crippen molar-refractivity contribution in [3.05, 3.63) is 47.9 Å². The minimum Gasteiger partial charge on any atom is -0.478 e. The van der Waals surface area contributed by atoms with Crippen molar-refractivity contribution in [2.75, 3.05) is 29.4 Å². The third kappa shape index (κ3) is 3.32. The Hall–Kier alpha value is -2.63. The first-order valence-electron chi connectivity index (χ1n) is 7.96. The molecule has 0 amide bonds. The summed E-state index contributed by atoms with van der Waals surface area (Å²) >= 11 is 0. The average molecular weight is 330 g/mol. The molecule has 0 saturated carbocycles. The van der Waals surface area contributed by atoms with Crippen LogP contribution in [0.2, 0.25) is 0 Å². The van der Waals surface area contributed by atoms with Crippen molar-refractivity contribution in [3.63, 3.8) is 0 Å². The normalized spacial score (nSPS) is 20.7. The lowest BCUT2D eigenvalue weighted by Crippen LogP contribution is -2.37. The highest BCUT2D eigenvalue weighted by atomic mass is 19.1. The Morgan fingerprint density at radius 1 is 1.33 bits per heavy atom. The molecule has 126 valence electrons. The van der Waals surface area contributed by atoms with Gasteiger partial charge < -0.3 is 19.7 Å². The van der Waals surface area contributed by atoms with Gasteiger partial charge in [0.05, 0.1) is 16.9 Å². The van der Waals surface area contributed by atoms with Crippen LogP contribution in [-0.4, -0.2) is 37.0 Å². The largest absolute Gasteiger partial charge is 0.478 e. The number of anilines is 2. The lowest BCUT2D eigenvalue weighted by atomic mass is 9.98. The molecule has 0 spiro atoms. The fraction of sp³-hybridized carbons (Fsp3) is 0.333. The monoisotopic (exact) mass is 330 g/mol. The topological polar surface area (TPSA) is 60.9 Å². The number of rotatable bonds is 4. The maximum atomic E-state index is 13.8. The van der Waals surface area contributed by atoms with Crippen LogP contribution in [0.5, 0.6) is 0 Å². The van der Waals surface area contributed by atoms with E-state index in [2.05, 4.69) is 4.90 Å². The van der Waals surface area contributed by atoms with E-state index in [-0.39, 0.29) is 17.3 Å². The van der Waals surface area contributed by atoms with E-state index in [9.17, 15) is 14.0 Å². The van der Waals surface area contributed by atoms with Gasteiger partial charge in [-0.2, -0.15) is 0 Å². The Morgan fingerprint density at radius 3 is 2.83 bits per heavy atom. The van der Waals surface area contributed by atoms with Gasteiger partial charge in [-0.25, -0.2) is 9.18 Å². The second kappa shape index (κ2) is 6.86. The molecule has 6 heteroatoms. The summed E-state index contributed by atoms with van der Waals surface area (Å²) in [5, 5.41) is 9.01. The van der Waals surface area contributed by atoms with Gasteiger partial charge in [0.15, 0.2) is 0 Å². The van der Waals surface area contributed by atoms with Gasteiger partial charge in [-0.3, -0.25) is 0 Å². The molecule has 1 unspecified atom stereocenters. The van der Waals surface area contributed by atoms with Crippen molar-refractivity contribution in [3.8, 4) is 0 Å². The molecule has 24 heavy (non-hydrogen) atoms. The number of carboxylic acid groups (broad SMARTS) is 1. The van der Waals surface area contributed by atoms with E-state index in [1.807, 2.05) is 4.90 Å². The second-order valence-electron chi connectivity index (χ2n) is 6.05. The van der Waals surface area contributed by atoms with Gasteiger partial charge in [-0.1, -0.05) is 6.08 Å². The molecular formula is C18H19FN2O3. The number of aliphatic carboxylic acids is 1. The molecule has 0 aromatic heterocycles. The Bertz CT molecular complexity index is 714. The fourth-order valence-electron chi connectivity index (χ4n) is 3.17. The number of halogens is 1. The van der Waals surface area contributed by atoms with Crippen LogP contribution in [0.15, 0.2) is 42.1 Å². The summed E-state index contributed by atoms with van der Waals surface area (Å²) in [7, 11) is 0. The number of carbonyl (C=O) groups excluding carboxylic acids is 1. The van der Waals surface area contributed by atoms with Crippen molar-refractivity contribution >= 4 is 23.6 Å². The zero-order valence-corrected chi connectivity index (χ0v) is 13.2. The highest BCUT2D eigenvalue weighted by Crippen LogP contribution is 2.34. The van der Waals surface area contributed by atoms with Crippen LogP contribution in [0.25, 0.3) is 0 Å². The molecule has 2 aliphatic rings. The van der Waals surface area contributed by atoms with Gasteiger partial charge in [0.25, 0.3) is 0 Å². The van der Waals surface area contributed by atoms with Crippen LogP contribution in [0.1, 0.15) is 12.8 Å². The van der Waals surface area contributed by atoms with E-state index in [4.69, 9.17) is 5.11 Å². The Morgan fingerprint density at radius 2 is 2.17 bits per heavy atom. The minimum atomic E-state index is -0.977. The number of benzene rings is 1. The molecule has 5 nitrogen and oxygen atoms in total. The molecule has 0 radical (unpaired) electrons. The lowest BCUT2D eigenvalue weighted by molar-refractivity contribution is -0.132. The van der Waals surface area contributed by atoms with Gasteiger partial charge in [0.1, 0.15) is 12.1 Å². The lowest BCUT2D eigenvalue weighted by Gasteiger charge is -2.35. The Balaban J connectivity index is 1.88. The molecular weight excluding hydrogens is 311 g/mol. The summed E-state index contributed by atoms with van der Waals surface area (Å²) in [5.74, 6) is -1.33. The van der Waals surface area contributed by atoms with Crippen LogP contribution in [0, 0.1) is 11.7 Å². The summed E-state index contributed by atoms with van der Waals surface area (Å²) in [6, 6.07) is 4.58. The van der Waals surface area contributed by atoms with Crippen LogP contribution < -0.4 is 9.80 Å². The number of nitrogens with zero attached hydrogens (tertiary/aromatic N) is 2. The number of carbonyl (C=O) groups is 2. The zero-order chi connectivity index (χ0) is 17.1. The summed E-state index contributed by atoms with van der Waals surface area (Å²) in [6.07, 6.45) is 7.54. The standard InChI is InChI=1S/C18H19FN2O3/c19-15-3-4-16(21-7-1-2-13(11-21)12-22)17(10-15)20-8-5-14(6-9-20)18(23)24/h3-6,8,10,12-13H,1-2,7,9,11H2,(H,23,24). The molecule has 2 heterocycles. The predicted octanol–water partition coefficient (Wildman–Crippen LogP) is 2.59. The summed E-state index contributed by atoms with van der Waals surface area (Å²) < 4.78 is 13.8. The molecule has 2 aliphatic heterocycles. The van der Waals surface area contributed by atoms with Crippen molar-refractivity contribution in [1.82, 2.24) is 0 Å². The molecule has 1 aromatic rings. The van der Waals surface area contributed by atoms with Gasteiger partial charge in [0, 0.05) is 31.8 Å². The first kappa shape index (κ1) is 16.2. The smallest absolute Gasteiger partial charge is 0.335 e. The first-order chi connectivity index (χ1) is 11.6. The first-order valence-corrected chi connectivity index (χ1v) is 7.96.